The Kier molecular flexibility index (Phi) is 6.53. The summed E-state index contributed by atoms with van der Waals surface area (Å²) < 4.78 is 6.30. The van der Waals surface area contributed by atoms with Crippen LogP contribution in [-0.2, 0) is 0 Å². The van der Waals surface area contributed by atoms with E-state index < -0.39 is 0 Å². The number of benzene rings is 8. The lowest BCUT2D eigenvalue weighted by molar-refractivity contribution is 0.669. The Bertz CT molecular complexity index is 2840. The average molecular weight is 638 g/mol. The van der Waals surface area contributed by atoms with Crippen molar-refractivity contribution in [1.82, 2.24) is 4.98 Å². The van der Waals surface area contributed by atoms with Gasteiger partial charge in [-0.05, 0) is 80.4 Å². The van der Waals surface area contributed by atoms with Crippen molar-refractivity contribution in [2.45, 2.75) is 0 Å². The number of fused-ring (bicyclic) bond motifs is 7. The van der Waals surface area contributed by atoms with Gasteiger partial charge in [-0.1, -0.05) is 152 Å². The van der Waals surface area contributed by atoms with Crippen LogP contribution in [0, 0.1) is 0 Å². The minimum atomic E-state index is 0.908. The highest BCUT2D eigenvalue weighted by Crippen LogP contribution is 2.44. The molecule has 0 spiro atoms. The second-order valence-corrected chi connectivity index (χ2v) is 13.0. The van der Waals surface area contributed by atoms with Crippen LogP contribution >= 0.6 is 0 Å². The standard InChI is InChI=1S/C48H31NO/c1-3-11-31(12-4-1)33-21-23-34(24-22-33)35-15-9-16-37(29-35)38-26-25-36(32-13-5-2-6-14-32)30-42(38)39-18-10-19-41-46-43(49-48(39)41)27-28-45-47(46)40-17-7-8-20-44(40)50-45/h1-30,49H. The zero-order valence-corrected chi connectivity index (χ0v) is 27.2. The first-order chi connectivity index (χ1) is 24.8. The molecular formula is C48H31NO. The second kappa shape index (κ2) is 11.5. The lowest BCUT2D eigenvalue weighted by atomic mass is 9.89. The van der Waals surface area contributed by atoms with Crippen molar-refractivity contribution in [1.29, 1.82) is 0 Å². The van der Waals surface area contributed by atoms with E-state index in [0.717, 1.165) is 33.0 Å². The molecule has 0 bridgehead atoms. The van der Waals surface area contributed by atoms with Gasteiger partial charge in [0.2, 0.25) is 0 Å². The molecule has 2 nitrogen and oxygen atoms in total. The van der Waals surface area contributed by atoms with E-state index in [4.69, 9.17) is 4.42 Å². The Morgan fingerprint density at radius 3 is 1.70 bits per heavy atom. The van der Waals surface area contributed by atoms with Crippen LogP contribution in [0.5, 0.6) is 0 Å². The summed E-state index contributed by atoms with van der Waals surface area (Å²) in [6, 6.07) is 65.2. The number of hydrogen-bond acceptors (Lipinski definition) is 1. The van der Waals surface area contributed by atoms with Crippen molar-refractivity contribution in [3.8, 4) is 55.6 Å². The first-order valence-corrected chi connectivity index (χ1v) is 17.1. The van der Waals surface area contributed by atoms with Crippen LogP contribution in [0.3, 0.4) is 0 Å². The number of nitrogens with one attached hydrogen (secondary N) is 1. The van der Waals surface area contributed by atoms with Gasteiger partial charge in [-0.3, -0.25) is 0 Å². The van der Waals surface area contributed by atoms with Gasteiger partial charge in [-0.15, -0.1) is 0 Å². The maximum atomic E-state index is 6.30. The summed E-state index contributed by atoms with van der Waals surface area (Å²) in [5.74, 6) is 0. The van der Waals surface area contributed by atoms with Gasteiger partial charge in [-0.25, -0.2) is 0 Å². The molecule has 10 aromatic rings. The van der Waals surface area contributed by atoms with Crippen LogP contribution in [0.15, 0.2) is 186 Å². The monoisotopic (exact) mass is 637 g/mol. The molecule has 0 aliphatic heterocycles. The Morgan fingerprint density at radius 1 is 0.320 bits per heavy atom. The molecule has 1 N–H and O–H groups in total. The molecule has 0 atom stereocenters. The van der Waals surface area contributed by atoms with E-state index in [2.05, 4.69) is 181 Å². The number of aromatic amines is 1. The summed E-state index contributed by atoms with van der Waals surface area (Å²) in [7, 11) is 0. The maximum Gasteiger partial charge on any atom is 0.136 e. The van der Waals surface area contributed by atoms with Gasteiger partial charge in [0.05, 0.1) is 5.52 Å². The number of H-pyrrole nitrogens is 1. The predicted octanol–water partition coefficient (Wildman–Crippen LogP) is 13.6. The fourth-order valence-corrected chi connectivity index (χ4v) is 7.64. The third kappa shape index (κ3) is 4.65. The van der Waals surface area contributed by atoms with E-state index >= 15 is 0 Å². The van der Waals surface area contributed by atoms with Crippen LogP contribution < -0.4 is 0 Å². The fourth-order valence-electron chi connectivity index (χ4n) is 7.64. The molecule has 0 fully saturated rings. The zero-order chi connectivity index (χ0) is 33.0. The number of rotatable bonds is 5. The molecule has 0 aliphatic carbocycles. The van der Waals surface area contributed by atoms with Crippen LogP contribution in [0.2, 0.25) is 0 Å². The fraction of sp³-hybridized carbons (Fsp3) is 0. The predicted molar refractivity (Wildman–Crippen MR) is 210 cm³/mol. The second-order valence-electron chi connectivity index (χ2n) is 13.0. The third-order valence-electron chi connectivity index (χ3n) is 10.1. The van der Waals surface area contributed by atoms with E-state index in [0.29, 0.717) is 0 Å². The summed E-state index contributed by atoms with van der Waals surface area (Å²) in [5.41, 5.74) is 16.0. The molecule has 8 aromatic carbocycles. The molecule has 0 aliphatic rings. The first kappa shape index (κ1) is 28.4. The summed E-state index contributed by atoms with van der Waals surface area (Å²) >= 11 is 0. The van der Waals surface area contributed by atoms with Gasteiger partial charge in [0.15, 0.2) is 0 Å². The quantitative estimate of drug-likeness (QED) is 0.200. The molecule has 2 aromatic heterocycles. The molecule has 234 valence electrons. The summed E-state index contributed by atoms with van der Waals surface area (Å²) in [6.45, 7) is 0. The van der Waals surface area contributed by atoms with Crippen LogP contribution in [0.1, 0.15) is 0 Å². The number of hydrogen-bond donors (Lipinski definition) is 1. The number of aromatic nitrogens is 1. The molecule has 10 rings (SSSR count). The highest BCUT2D eigenvalue weighted by molar-refractivity contribution is 6.28. The summed E-state index contributed by atoms with van der Waals surface area (Å²) in [6.07, 6.45) is 0. The van der Waals surface area contributed by atoms with E-state index in [1.807, 2.05) is 6.07 Å². The normalized spacial score (nSPS) is 11.6. The van der Waals surface area contributed by atoms with E-state index in [1.165, 1.54) is 66.4 Å². The van der Waals surface area contributed by atoms with Gasteiger partial charge in [0.25, 0.3) is 0 Å². The van der Waals surface area contributed by atoms with Crippen molar-refractivity contribution >= 4 is 43.7 Å². The SMILES string of the molecule is c1ccc(-c2ccc(-c3cccc(-c4ccc(-c5ccccc5)cc4-c4cccc5c4[nH]c4ccc6oc7ccccc7c6c45)c3)cc2)cc1. The van der Waals surface area contributed by atoms with Crippen LogP contribution in [0.25, 0.3) is 99.4 Å². The minimum Gasteiger partial charge on any atom is -0.456 e. The number of furan rings is 1. The Labute approximate surface area is 289 Å². The Hall–Kier alpha value is -6.64. The van der Waals surface area contributed by atoms with Gasteiger partial charge in [0, 0.05) is 32.6 Å². The third-order valence-corrected chi connectivity index (χ3v) is 10.1. The molecule has 2 heteroatoms. The van der Waals surface area contributed by atoms with Crippen LogP contribution in [0.4, 0.5) is 0 Å². The number of para-hydroxylation sites is 2. The lowest BCUT2D eigenvalue weighted by Crippen LogP contribution is -1.90. The average Bonchev–Trinajstić information content (AvgIpc) is 3.77. The largest absolute Gasteiger partial charge is 0.456 e. The molecule has 50 heavy (non-hydrogen) atoms. The van der Waals surface area contributed by atoms with Crippen molar-refractivity contribution in [3.05, 3.63) is 182 Å². The Balaban J connectivity index is 1.16. The minimum absolute atomic E-state index is 0.908. The molecule has 0 unspecified atom stereocenters. The van der Waals surface area contributed by atoms with Gasteiger partial charge in [-0.2, -0.15) is 0 Å². The molecule has 0 amide bonds. The summed E-state index contributed by atoms with van der Waals surface area (Å²) in [4.78, 5) is 3.84. The Morgan fingerprint density at radius 2 is 0.900 bits per heavy atom. The van der Waals surface area contributed by atoms with Gasteiger partial charge in [0.1, 0.15) is 11.2 Å². The highest BCUT2D eigenvalue weighted by Gasteiger charge is 2.19. The highest BCUT2D eigenvalue weighted by atomic mass is 16.3. The first-order valence-electron chi connectivity index (χ1n) is 17.1. The molecule has 0 saturated heterocycles. The van der Waals surface area contributed by atoms with Crippen molar-refractivity contribution in [2.75, 3.05) is 0 Å². The van der Waals surface area contributed by atoms with E-state index in [-0.39, 0.29) is 0 Å². The van der Waals surface area contributed by atoms with Crippen molar-refractivity contribution < 1.29 is 4.42 Å². The van der Waals surface area contributed by atoms with Gasteiger partial charge < -0.3 is 9.40 Å². The van der Waals surface area contributed by atoms with Gasteiger partial charge >= 0.3 is 0 Å². The van der Waals surface area contributed by atoms with Crippen molar-refractivity contribution in [2.24, 2.45) is 0 Å². The smallest absolute Gasteiger partial charge is 0.136 e. The molecular weight excluding hydrogens is 607 g/mol. The van der Waals surface area contributed by atoms with Crippen LogP contribution in [-0.4, -0.2) is 4.98 Å². The topological polar surface area (TPSA) is 28.9 Å². The van der Waals surface area contributed by atoms with E-state index in [1.54, 1.807) is 0 Å². The summed E-state index contributed by atoms with van der Waals surface area (Å²) in [5, 5.41) is 4.69. The molecule has 2 heterocycles. The molecule has 0 radical (unpaired) electrons. The zero-order valence-electron chi connectivity index (χ0n) is 27.2. The van der Waals surface area contributed by atoms with Crippen molar-refractivity contribution in [3.63, 3.8) is 0 Å². The molecule has 0 saturated carbocycles. The maximum absolute atomic E-state index is 6.30. The van der Waals surface area contributed by atoms with E-state index in [9.17, 15) is 0 Å². The lowest BCUT2D eigenvalue weighted by Gasteiger charge is -2.15.